The van der Waals surface area contributed by atoms with Crippen molar-refractivity contribution in [2.45, 2.75) is 58.0 Å². The summed E-state index contributed by atoms with van der Waals surface area (Å²) in [6, 6.07) is 1.12. The summed E-state index contributed by atoms with van der Waals surface area (Å²) < 4.78 is 43.8. The lowest BCUT2D eigenvalue weighted by molar-refractivity contribution is 0.170. The Morgan fingerprint density at radius 1 is 0.634 bits per heavy atom. The van der Waals surface area contributed by atoms with Gasteiger partial charge in [-0.15, -0.1) is 40.6 Å². The van der Waals surface area contributed by atoms with Crippen LogP contribution in [0.2, 0.25) is 38.8 Å². The molecule has 12 heteroatoms. The van der Waals surface area contributed by atoms with E-state index in [-0.39, 0.29) is 0 Å². The van der Waals surface area contributed by atoms with Crippen LogP contribution < -0.4 is 28.4 Å². The normalized spacial score (nSPS) is 16.1. The Hall–Kier alpha value is -1.97. The van der Waals surface area contributed by atoms with Crippen molar-refractivity contribution >= 4 is 50.6 Å². The van der Waals surface area contributed by atoms with E-state index in [1.807, 2.05) is 6.08 Å². The van der Waals surface area contributed by atoms with Crippen LogP contribution in [0.1, 0.15) is 16.2 Å². The molecule has 0 unspecified atom stereocenters. The van der Waals surface area contributed by atoms with Crippen molar-refractivity contribution in [3.63, 3.8) is 0 Å². The third-order valence-electron chi connectivity index (χ3n) is 6.84. The summed E-state index contributed by atoms with van der Waals surface area (Å²) in [5.74, 6) is 4.90. The van der Waals surface area contributed by atoms with E-state index in [0.29, 0.717) is 39.6 Å². The van der Waals surface area contributed by atoms with Gasteiger partial charge in [0, 0.05) is 6.42 Å². The maximum atomic E-state index is 6.59. The van der Waals surface area contributed by atoms with Crippen LogP contribution >= 0.6 is 34.0 Å². The highest BCUT2D eigenvalue weighted by atomic mass is 32.1. The predicted molar refractivity (Wildman–Crippen MR) is 173 cm³/mol. The highest BCUT2D eigenvalue weighted by Crippen LogP contribution is 2.62. The molecule has 0 saturated heterocycles. The zero-order valence-corrected chi connectivity index (χ0v) is 28.9. The van der Waals surface area contributed by atoms with Crippen LogP contribution in [0.15, 0.2) is 12.7 Å². The van der Waals surface area contributed by atoms with E-state index in [2.05, 4.69) is 39.3 Å². The van der Waals surface area contributed by atoms with Crippen LogP contribution in [-0.2, 0) is 17.0 Å². The van der Waals surface area contributed by atoms with Crippen molar-refractivity contribution in [1.29, 1.82) is 0 Å². The molecule has 0 radical (unpaired) electrons. The van der Waals surface area contributed by atoms with Gasteiger partial charge in [0.2, 0.25) is 0 Å². The second-order valence-corrected chi connectivity index (χ2v) is 24.1. The molecule has 41 heavy (non-hydrogen) atoms. The van der Waals surface area contributed by atoms with Gasteiger partial charge in [0.25, 0.3) is 0 Å². The first-order valence-electron chi connectivity index (χ1n) is 14.2. The van der Waals surface area contributed by atoms with Crippen molar-refractivity contribution in [2.75, 3.05) is 39.6 Å². The van der Waals surface area contributed by atoms with Gasteiger partial charge in [-0.1, -0.05) is 6.08 Å². The monoisotopic (exact) mass is 650 g/mol. The van der Waals surface area contributed by atoms with E-state index in [4.69, 9.17) is 32.5 Å². The standard InChI is InChI=1S/C29H38O7S3Si2/c1-7-9-18-20-22(32-13-11-30-20)26(37-18)28-24-25(35-16-15-34-24)29(39-28)27-23-21(31-12-14-33-23)19(38-27)10-8-17-41(5,6)36-40(2,3)4/h7H,1,8-17H2,2-6H3. The van der Waals surface area contributed by atoms with E-state index >= 15 is 0 Å². The van der Waals surface area contributed by atoms with Crippen LogP contribution in [0.4, 0.5) is 0 Å². The minimum absolute atomic E-state index is 0.507. The molecule has 0 N–H and O–H groups in total. The number of thiophene rings is 3. The molecule has 0 spiro atoms. The lowest BCUT2D eigenvalue weighted by Gasteiger charge is -2.31. The summed E-state index contributed by atoms with van der Waals surface area (Å²) in [6.07, 6.45) is 4.63. The molecule has 3 aromatic rings. The molecule has 0 bridgehead atoms. The van der Waals surface area contributed by atoms with Gasteiger partial charge in [0.1, 0.15) is 39.6 Å². The van der Waals surface area contributed by atoms with Crippen molar-refractivity contribution in [3.05, 3.63) is 22.4 Å². The second kappa shape index (κ2) is 11.6. The minimum Gasteiger partial charge on any atom is -0.485 e. The van der Waals surface area contributed by atoms with Crippen molar-refractivity contribution in [3.8, 4) is 54.0 Å². The zero-order valence-electron chi connectivity index (χ0n) is 24.4. The Bertz CT molecular complexity index is 1430. The largest absolute Gasteiger partial charge is 0.485 e. The lowest BCUT2D eigenvalue weighted by Crippen LogP contribution is -2.42. The first-order chi connectivity index (χ1) is 19.6. The summed E-state index contributed by atoms with van der Waals surface area (Å²) in [7, 11) is -3.29. The molecular weight excluding hydrogens is 613 g/mol. The predicted octanol–water partition coefficient (Wildman–Crippen LogP) is 8.24. The first-order valence-corrected chi connectivity index (χ1v) is 23.2. The molecule has 0 aliphatic carbocycles. The molecule has 7 nitrogen and oxygen atoms in total. The highest BCUT2D eigenvalue weighted by Gasteiger charge is 2.36. The van der Waals surface area contributed by atoms with Crippen molar-refractivity contribution in [1.82, 2.24) is 0 Å². The van der Waals surface area contributed by atoms with Crippen LogP contribution in [0.5, 0.6) is 34.5 Å². The van der Waals surface area contributed by atoms with E-state index in [9.17, 15) is 0 Å². The van der Waals surface area contributed by atoms with Crippen molar-refractivity contribution in [2.24, 2.45) is 0 Å². The van der Waals surface area contributed by atoms with Crippen molar-refractivity contribution < 1.29 is 32.5 Å². The van der Waals surface area contributed by atoms with Gasteiger partial charge in [-0.3, -0.25) is 0 Å². The maximum absolute atomic E-state index is 6.59. The Kier molecular flexibility index (Phi) is 8.25. The smallest absolute Gasteiger partial charge is 0.181 e. The molecule has 222 valence electrons. The summed E-state index contributed by atoms with van der Waals surface area (Å²) in [6.45, 7) is 18.6. The number of hydrogen-bond acceptors (Lipinski definition) is 10. The summed E-state index contributed by atoms with van der Waals surface area (Å²) in [5.41, 5.74) is 0. The SMILES string of the molecule is C=CCc1sc(-c2sc(-c3sc(CCC[Si](C)(C)O[Si](C)(C)C)c4c3OCCO4)c3c2OCCO3)c2c1OCCO2. The number of ether oxygens (including phenoxy) is 6. The Morgan fingerprint density at radius 2 is 1.05 bits per heavy atom. The molecule has 3 aliphatic heterocycles. The van der Waals surface area contributed by atoms with Gasteiger partial charge in [-0.25, -0.2) is 0 Å². The molecule has 0 aromatic carbocycles. The topological polar surface area (TPSA) is 64.6 Å². The van der Waals surface area contributed by atoms with E-state index in [0.717, 1.165) is 84.2 Å². The van der Waals surface area contributed by atoms with Crippen LogP contribution in [0, 0.1) is 0 Å². The number of allylic oxidation sites excluding steroid dienone is 1. The molecule has 3 aromatic heterocycles. The second-order valence-electron chi connectivity index (χ2n) is 11.9. The molecule has 0 saturated carbocycles. The zero-order chi connectivity index (χ0) is 28.8. The van der Waals surface area contributed by atoms with E-state index in [1.165, 1.54) is 4.88 Å². The van der Waals surface area contributed by atoms with Crippen LogP contribution in [0.25, 0.3) is 19.5 Å². The van der Waals surface area contributed by atoms with Gasteiger partial charge < -0.3 is 32.5 Å². The summed E-state index contributed by atoms with van der Waals surface area (Å²) in [5, 5.41) is 0. The van der Waals surface area contributed by atoms with Gasteiger partial charge >= 0.3 is 0 Å². The fourth-order valence-corrected chi connectivity index (χ4v) is 17.5. The number of rotatable bonds is 10. The molecule has 3 aliphatic rings. The van der Waals surface area contributed by atoms with E-state index < -0.39 is 16.6 Å². The van der Waals surface area contributed by atoms with Crippen LogP contribution in [0.3, 0.4) is 0 Å². The highest BCUT2D eigenvalue weighted by molar-refractivity contribution is 7.27. The minimum atomic E-state index is -1.72. The number of aryl methyl sites for hydroxylation is 1. The Labute approximate surface area is 256 Å². The molecule has 0 atom stereocenters. The van der Waals surface area contributed by atoms with Crippen LogP contribution in [-0.4, -0.2) is 56.3 Å². The first kappa shape index (κ1) is 29.1. The average molecular weight is 651 g/mol. The summed E-state index contributed by atoms with van der Waals surface area (Å²) >= 11 is 5.11. The molecule has 6 heterocycles. The van der Waals surface area contributed by atoms with Gasteiger partial charge in [-0.05, 0) is 51.6 Å². The quantitative estimate of drug-likeness (QED) is 0.162. The number of hydrogen-bond donors (Lipinski definition) is 0. The molecule has 6 rings (SSSR count). The Balaban J connectivity index is 1.36. The third kappa shape index (κ3) is 5.96. The van der Waals surface area contributed by atoms with E-state index in [1.54, 1.807) is 34.0 Å². The fraction of sp³-hybridized carbons (Fsp3) is 0.517. The third-order valence-corrected chi connectivity index (χ3v) is 16.9. The lowest BCUT2D eigenvalue weighted by atomic mass is 10.2. The number of fused-ring (bicyclic) bond motifs is 3. The molecule has 0 fully saturated rings. The Morgan fingerprint density at radius 3 is 1.54 bits per heavy atom. The molecular formula is C29H38O7S3Si2. The fourth-order valence-electron chi connectivity index (χ4n) is 5.55. The van der Waals surface area contributed by atoms with Gasteiger partial charge in [0.05, 0.1) is 29.3 Å². The summed E-state index contributed by atoms with van der Waals surface area (Å²) in [4.78, 5) is 6.44. The maximum Gasteiger partial charge on any atom is 0.181 e. The average Bonchev–Trinajstić information content (AvgIpc) is 3.60. The van der Waals surface area contributed by atoms with Gasteiger partial charge in [-0.2, -0.15) is 0 Å². The van der Waals surface area contributed by atoms with Gasteiger partial charge in [0.15, 0.2) is 51.1 Å². The molecule has 0 amide bonds.